The van der Waals surface area contributed by atoms with Gasteiger partial charge in [-0.3, -0.25) is 9.10 Å². The number of hydrogen-bond donors (Lipinski definition) is 1. The summed E-state index contributed by atoms with van der Waals surface area (Å²) in [5.74, 6) is 0.165. The maximum atomic E-state index is 12.6. The van der Waals surface area contributed by atoms with Crippen molar-refractivity contribution >= 4 is 27.4 Å². The van der Waals surface area contributed by atoms with Crippen molar-refractivity contribution in [2.45, 2.75) is 33.4 Å². The molecule has 1 unspecified atom stereocenters. The van der Waals surface area contributed by atoms with Crippen LogP contribution in [0.25, 0.3) is 0 Å². The molecule has 2 rings (SSSR count). The number of aromatic nitrogens is 2. The van der Waals surface area contributed by atoms with Crippen LogP contribution in [-0.2, 0) is 21.4 Å². The molecule has 0 saturated heterocycles. The molecular weight excluding hydrogens is 328 g/mol. The number of aryl methyl sites for hydroxylation is 2. The van der Waals surface area contributed by atoms with Gasteiger partial charge in [-0.15, -0.1) is 0 Å². The number of rotatable bonds is 6. The third-order valence-corrected chi connectivity index (χ3v) is 4.90. The number of para-hydroxylation sites is 1. The SMILES string of the molecule is CCn1ncc(C)c1NC(=O)C(C)N(c1ccccc1)S(C)(=O)=O. The molecule has 0 saturated carbocycles. The van der Waals surface area contributed by atoms with Crippen molar-refractivity contribution in [3.8, 4) is 0 Å². The van der Waals surface area contributed by atoms with Crippen LogP contribution in [0.5, 0.6) is 0 Å². The Morgan fingerprint density at radius 2 is 1.96 bits per heavy atom. The fourth-order valence-electron chi connectivity index (χ4n) is 2.49. The average Bonchev–Trinajstić information content (AvgIpc) is 2.87. The molecule has 0 fully saturated rings. The van der Waals surface area contributed by atoms with E-state index in [9.17, 15) is 13.2 Å². The number of nitrogens with zero attached hydrogens (tertiary/aromatic N) is 3. The van der Waals surface area contributed by atoms with Gasteiger partial charge in [0.2, 0.25) is 15.9 Å². The minimum Gasteiger partial charge on any atom is -0.309 e. The molecule has 2 aromatic rings. The number of nitrogens with one attached hydrogen (secondary N) is 1. The maximum Gasteiger partial charge on any atom is 0.249 e. The third kappa shape index (κ3) is 3.76. The van der Waals surface area contributed by atoms with E-state index in [0.29, 0.717) is 18.1 Å². The Kier molecular flexibility index (Phi) is 5.28. The van der Waals surface area contributed by atoms with Crippen LogP contribution in [0.2, 0.25) is 0 Å². The molecule has 1 heterocycles. The average molecular weight is 350 g/mol. The first-order valence-electron chi connectivity index (χ1n) is 7.63. The zero-order valence-electron chi connectivity index (χ0n) is 14.2. The van der Waals surface area contributed by atoms with Crippen LogP contribution in [0.1, 0.15) is 19.4 Å². The van der Waals surface area contributed by atoms with E-state index in [4.69, 9.17) is 0 Å². The van der Waals surface area contributed by atoms with Gasteiger partial charge in [-0.05, 0) is 32.9 Å². The van der Waals surface area contributed by atoms with Crippen LogP contribution in [-0.4, -0.2) is 36.4 Å². The normalized spacial score (nSPS) is 12.7. The van der Waals surface area contributed by atoms with E-state index in [1.165, 1.54) is 0 Å². The van der Waals surface area contributed by atoms with Crippen molar-refractivity contribution in [1.82, 2.24) is 9.78 Å². The molecule has 1 N–H and O–H groups in total. The van der Waals surface area contributed by atoms with Crippen molar-refractivity contribution in [2.75, 3.05) is 15.9 Å². The Morgan fingerprint density at radius 1 is 1.33 bits per heavy atom. The highest BCUT2D eigenvalue weighted by molar-refractivity contribution is 7.92. The Morgan fingerprint density at radius 3 is 2.50 bits per heavy atom. The molecule has 1 aromatic carbocycles. The van der Waals surface area contributed by atoms with Gasteiger partial charge in [0, 0.05) is 12.1 Å². The molecule has 0 aliphatic rings. The first-order chi connectivity index (χ1) is 11.3. The van der Waals surface area contributed by atoms with Gasteiger partial charge in [0.15, 0.2) is 0 Å². The van der Waals surface area contributed by atoms with Crippen LogP contribution in [0, 0.1) is 6.92 Å². The summed E-state index contributed by atoms with van der Waals surface area (Å²) < 4.78 is 27.2. The van der Waals surface area contributed by atoms with Crippen molar-refractivity contribution in [1.29, 1.82) is 0 Å². The highest BCUT2D eigenvalue weighted by atomic mass is 32.2. The number of carbonyl (C=O) groups is 1. The number of hydrogen-bond acceptors (Lipinski definition) is 4. The summed E-state index contributed by atoms with van der Waals surface area (Å²) in [5, 5.41) is 6.96. The largest absolute Gasteiger partial charge is 0.309 e. The minimum atomic E-state index is -3.62. The fourth-order valence-corrected chi connectivity index (χ4v) is 3.66. The smallest absolute Gasteiger partial charge is 0.249 e. The van der Waals surface area contributed by atoms with Gasteiger partial charge in [0.25, 0.3) is 0 Å². The molecule has 1 aromatic heterocycles. The summed E-state index contributed by atoms with van der Waals surface area (Å²) in [6.45, 7) is 5.92. The third-order valence-electron chi connectivity index (χ3n) is 3.66. The topological polar surface area (TPSA) is 84.3 Å². The van der Waals surface area contributed by atoms with E-state index in [1.807, 2.05) is 13.8 Å². The lowest BCUT2D eigenvalue weighted by Gasteiger charge is -2.28. The zero-order valence-corrected chi connectivity index (χ0v) is 15.0. The summed E-state index contributed by atoms with van der Waals surface area (Å²) in [6, 6.07) is 7.67. The molecule has 0 aliphatic heterocycles. The number of sulfonamides is 1. The van der Waals surface area contributed by atoms with Gasteiger partial charge in [-0.25, -0.2) is 13.1 Å². The Bertz CT molecular complexity index is 815. The molecule has 0 bridgehead atoms. The van der Waals surface area contributed by atoms with Crippen LogP contribution >= 0.6 is 0 Å². The van der Waals surface area contributed by atoms with Crippen molar-refractivity contribution < 1.29 is 13.2 Å². The van der Waals surface area contributed by atoms with Crippen molar-refractivity contribution in [3.05, 3.63) is 42.1 Å². The molecule has 1 atom stereocenters. The predicted octanol–water partition coefficient (Wildman–Crippen LogP) is 2.00. The summed E-state index contributed by atoms with van der Waals surface area (Å²) in [6.07, 6.45) is 2.75. The second-order valence-corrected chi connectivity index (χ2v) is 7.41. The lowest BCUT2D eigenvalue weighted by atomic mass is 10.2. The van der Waals surface area contributed by atoms with E-state index in [2.05, 4.69) is 10.4 Å². The van der Waals surface area contributed by atoms with Gasteiger partial charge in [-0.2, -0.15) is 5.10 Å². The van der Waals surface area contributed by atoms with Crippen LogP contribution in [0.3, 0.4) is 0 Å². The summed E-state index contributed by atoms with van der Waals surface area (Å²) >= 11 is 0. The van der Waals surface area contributed by atoms with Crippen LogP contribution < -0.4 is 9.62 Å². The van der Waals surface area contributed by atoms with E-state index in [0.717, 1.165) is 16.1 Å². The Labute approximate surface area is 142 Å². The molecule has 24 heavy (non-hydrogen) atoms. The predicted molar refractivity (Wildman–Crippen MR) is 94.5 cm³/mol. The molecule has 1 amide bonds. The van der Waals surface area contributed by atoms with Crippen LogP contribution in [0.15, 0.2) is 36.5 Å². The lowest BCUT2D eigenvalue weighted by molar-refractivity contribution is -0.116. The number of anilines is 2. The van der Waals surface area contributed by atoms with E-state index in [1.54, 1.807) is 48.1 Å². The first-order valence-corrected chi connectivity index (χ1v) is 9.48. The molecule has 0 spiro atoms. The highest BCUT2D eigenvalue weighted by Crippen LogP contribution is 2.22. The second kappa shape index (κ2) is 7.04. The molecular formula is C16H22N4O3S. The fraction of sp³-hybridized carbons (Fsp3) is 0.375. The Hall–Kier alpha value is -2.35. The number of amides is 1. The van der Waals surface area contributed by atoms with Gasteiger partial charge in [-0.1, -0.05) is 18.2 Å². The van der Waals surface area contributed by atoms with Gasteiger partial charge in [0.1, 0.15) is 11.9 Å². The first kappa shape index (κ1) is 18.0. The number of carbonyl (C=O) groups excluding carboxylic acids is 1. The van der Waals surface area contributed by atoms with Crippen LogP contribution in [0.4, 0.5) is 11.5 Å². The maximum absolute atomic E-state index is 12.6. The van der Waals surface area contributed by atoms with Gasteiger partial charge in [0.05, 0.1) is 18.1 Å². The number of benzene rings is 1. The quantitative estimate of drug-likeness (QED) is 0.864. The standard InChI is InChI=1S/C16H22N4O3S/c1-5-19-15(12(2)11-17-19)18-16(21)13(3)20(24(4,22)23)14-9-7-6-8-10-14/h6-11,13H,5H2,1-4H3,(H,18,21). The molecule has 7 nitrogen and oxygen atoms in total. The summed E-state index contributed by atoms with van der Waals surface area (Å²) in [7, 11) is -3.62. The second-order valence-electron chi connectivity index (χ2n) is 5.55. The lowest BCUT2D eigenvalue weighted by Crippen LogP contribution is -2.45. The monoisotopic (exact) mass is 350 g/mol. The van der Waals surface area contributed by atoms with Gasteiger partial charge >= 0.3 is 0 Å². The van der Waals surface area contributed by atoms with E-state index >= 15 is 0 Å². The summed E-state index contributed by atoms with van der Waals surface area (Å²) in [5.41, 5.74) is 1.27. The van der Waals surface area contributed by atoms with Gasteiger partial charge < -0.3 is 5.32 Å². The van der Waals surface area contributed by atoms with Crippen molar-refractivity contribution in [2.24, 2.45) is 0 Å². The Balaban J connectivity index is 2.31. The van der Waals surface area contributed by atoms with Crippen molar-refractivity contribution in [3.63, 3.8) is 0 Å². The molecule has 8 heteroatoms. The minimum absolute atomic E-state index is 0.414. The summed E-state index contributed by atoms with van der Waals surface area (Å²) in [4.78, 5) is 12.6. The highest BCUT2D eigenvalue weighted by Gasteiger charge is 2.29. The molecule has 0 aliphatic carbocycles. The van der Waals surface area contributed by atoms with E-state index in [-0.39, 0.29) is 0 Å². The zero-order chi connectivity index (χ0) is 17.9. The molecule has 130 valence electrons. The van der Waals surface area contributed by atoms with E-state index < -0.39 is 22.0 Å². The molecule has 0 radical (unpaired) electrons.